The molecule has 0 radical (unpaired) electrons. The Bertz CT molecular complexity index is 334. The van der Waals surface area contributed by atoms with E-state index in [9.17, 15) is 15.3 Å². The minimum absolute atomic E-state index is 0.0646. The van der Waals surface area contributed by atoms with Crippen molar-refractivity contribution in [3.63, 3.8) is 0 Å². The molecular formula is C20H38O5. The maximum Gasteiger partial charge on any atom is 0.114 e. The van der Waals surface area contributed by atoms with Gasteiger partial charge >= 0.3 is 0 Å². The number of allylic oxidation sites excluding steroid dienone is 2. The molecule has 148 valence electrons. The summed E-state index contributed by atoms with van der Waals surface area (Å²) in [6.45, 7) is 3.04. The van der Waals surface area contributed by atoms with Crippen LogP contribution in [0, 0.1) is 0 Å². The van der Waals surface area contributed by atoms with Gasteiger partial charge in [0.25, 0.3) is 0 Å². The highest BCUT2D eigenvalue weighted by Crippen LogP contribution is 2.17. The summed E-state index contributed by atoms with van der Waals surface area (Å²) in [5.41, 5.74) is 0. The van der Waals surface area contributed by atoms with E-state index >= 15 is 0 Å². The molecule has 4 atom stereocenters. The molecule has 0 saturated carbocycles. The minimum atomic E-state index is -1.03. The van der Waals surface area contributed by atoms with Crippen LogP contribution >= 0.6 is 0 Å². The van der Waals surface area contributed by atoms with Gasteiger partial charge in [0.1, 0.15) is 24.4 Å². The molecule has 0 bridgehead atoms. The summed E-state index contributed by atoms with van der Waals surface area (Å²) in [6.07, 6.45) is 13.3. The summed E-state index contributed by atoms with van der Waals surface area (Å²) < 4.78 is 10.6. The van der Waals surface area contributed by atoms with Crippen molar-refractivity contribution in [3.05, 3.63) is 12.2 Å². The highest BCUT2D eigenvalue weighted by atomic mass is 16.5. The lowest BCUT2D eigenvalue weighted by atomic mass is 10.1. The average molecular weight is 359 g/mol. The fraction of sp³-hybridized carbons (Fsp3) is 0.900. The molecule has 1 aliphatic heterocycles. The van der Waals surface area contributed by atoms with Crippen molar-refractivity contribution in [2.75, 3.05) is 19.8 Å². The van der Waals surface area contributed by atoms with Crippen LogP contribution in [0.2, 0.25) is 0 Å². The van der Waals surface area contributed by atoms with Crippen LogP contribution in [0.25, 0.3) is 0 Å². The van der Waals surface area contributed by atoms with Crippen molar-refractivity contribution < 1.29 is 24.8 Å². The quantitative estimate of drug-likeness (QED) is 0.310. The Morgan fingerprint density at radius 2 is 1.64 bits per heavy atom. The van der Waals surface area contributed by atoms with Crippen LogP contribution in [-0.4, -0.2) is 59.6 Å². The topological polar surface area (TPSA) is 79.2 Å². The first-order valence-corrected chi connectivity index (χ1v) is 10.0. The zero-order valence-electron chi connectivity index (χ0n) is 15.8. The monoisotopic (exact) mass is 358 g/mol. The zero-order chi connectivity index (χ0) is 18.3. The fourth-order valence-electron chi connectivity index (χ4n) is 3.01. The number of aliphatic hydroxyl groups excluding tert-OH is 3. The zero-order valence-corrected chi connectivity index (χ0v) is 15.8. The van der Waals surface area contributed by atoms with E-state index in [1.165, 1.54) is 38.5 Å². The summed E-state index contributed by atoms with van der Waals surface area (Å²) in [5.74, 6) is 0. The first-order valence-electron chi connectivity index (χ1n) is 10.0. The number of hydrogen-bond acceptors (Lipinski definition) is 5. The minimum Gasteiger partial charge on any atom is -0.388 e. The van der Waals surface area contributed by atoms with E-state index in [2.05, 4.69) is 19.1 Å². The van der Waals surface area contributed by atoms with E-state index in [1.807, 2.05) is 0 Å². The Hall–Kier alpha value is -0.460. The Morgan fingerprint density at radius 1 is 1.00 bits per heavy atom. The first-order chi connectivity index (χ1) is 12.2. The highest BCUT2D eigenvalue weighted by molar-refractivity contribution is 4.87. The molecule has 1 aliphatic rings. The van der Waals surface area contributed by atoms with Gasteiger partial charge < -0.3 is 24.8 Å². The summed E-state index contributed by atoms with van der Waals surface area (Å²) in [5, 5.41) is 28.9. The van der Waals surface area contributed by atoms with Crippen LogP contribution in [0.3, 0.4) is 0 Å². The van der Waals surface area contributed by atoms with Crippen molar-refractivity contribution in [3.8, 4) is 0 Å². The standard InChI is InChI=1S/C20H38O5/c1-2-3-4-5-6-7-8-9-10-11-12-13-14-24-15-18(22)20-19(23)17(21)16-25-20/h8-9,17-23H,2-7,10-16H2,1H3/b9-8+/t17-,18+,19+,20+/m0/s1. The Morgan fingerprint density at radius 3 is 2.24 bits per heavy atom. The maximum absolute atomic E-state index is 9.90. The lowest BCUT2D eigenvalue weighted by molar-refractivity contribution is -0.0813. The Labute approximate surface area is 153 Å². The SMILES string of the molecule is CCCCCCC/C=C/CCCCCOC[C@@H](O)[C@H]1OC[C@H](O)[C@H]1O. The fourth-order valence-corrected chi connectivity index (χ4v) is 3.01. The molecule has 0 aromatic rings. The van der Waals surface area contributed by atoms with Gasteiger partial charge in [-0.05, 0) is 32.1 Å². The molecular weight excluding hydrogens is 320 g/mol. The average Bonchev–Trinajstić information content (AvgIpc) is 2.94. The molecule has 0 spiro atoms. The smallest absolute Gasteiger partial charge is 0.114 e. The van der Waals surface area contributed by atoms with Gasteiger partial charge in [-0.15, -0.1) is 0 Å². The van der Waals surface area contributed by atoms with E-state index in [4.69, 9.17) is 9.47 Å². The third kappa shape index (κ3) is 10.3. The highest BCUT2D eigenvalue weighted by Gasteiger charge is 2.39. The van der Waals surface area contributed by atoms with Crippen molar-refractivity contribution >= 4 is 0 Å². The normalized spacial score (nSPS) is 25.0. The van der Waals surface area contributed by atoms with Crippen molar-refractivity contribution in [1.29, 1.82) is 0 Å². The molecule has 0 amide bonds. The third-order valence-corrected chi connectivity index (χ3v) is 4.66. The van der Waals surface area contributed by atoms with Crippen LogP contribution < -0.4 is 0 Å². The van der Waals surface area contributed by atoms with Gasteiger partial charge in [-0.1, -0.05) is 51.2 Å². The predicted octanol–water partition coefficient (Wildman–Crippen LogP) is 2.96. The lowest BCUT2D eigenvalue weighted by Gasteiger charge is -2.20. The van der Waals surface area contributed by atoms with E-state index in [0.717, 1.165) is 25.7 Å². The van der Waals surface area contributed by atoms with Gasteiger partial charge in [0, 0.05) is 6.61 Å². The number of ether oxygens (including phenoxy) is 2. The summed E-state index contributed by atoms with van der Waals surface area (Å²) in [6, 6.07) is 0. The number of rotatable bonds is 15. The van der Waals surface area contributed by atoms with Gasteiger partial charge in [0.15, 0.2) is 0 Å². The van der Waals surface area contributed by atoms with Crippen LogP contribution in [0.4, 0.5) is 0 Å². The van der Waals surface area contributed by atoms with Gasteiger partial charge in [0.05, 0.1) is 13.2 Å². The van der Waals surface area contributed by atoms with Crippen LogP contribution in [0.15, 0.2) is 12.2 Å². The van der Waals surface area contributed by atoms with E-state index in [0.29, 0.717) is 6.61 Å². The molecule has 1 fully saturated rings. The molecule has 1 rings (SSSR count). The summed E-state index contributed by atoms with van der Waals surface area (Å²) in [7, 11) is 0. The van der Waals surface area contributed by atoms with E-state index < -0.39 is 24.4 Å². The Balaban J connectivity index is 1.86. The van der Waals surface area contributed by atoms with E-state index in [-0.39, 0.29) is 13.2 Å². The van der Waals surface area contributed by atoms with Gasteiger partial charge in [-0.3, -0.25) is 0 Å². The molecule has 25 heavy (non-hydrogen) atoms. The van der Waals surface area contributed by atoms with Crippen LogP contribution in [-0.2, 0) is 9.47 Å². The van der Waals surface area contributed by atoms with Crippen molar-refractivity contribution in [2.24, 2.45) is 0 Å². The molecule has 3 N–H and O–H groups in total. The maximum atomic E-state index is 9.90. The van der Waals surface area contributed by atoms with Crippen molar-refractivity contribution in [1.82, 2.24) is 0 Å². The molecule has 1 saturated heterocycles. The van der Waals surface area contributed by atoms with Crippen molar-refractivity contribution in [2.45, 2.75) is 95.5 Å². The molecule has 5 nitrogen and oxygen atoms in total. The van der Waals surface area contributed by atoms with Gasteiger partial charge in [0.2, 0.25) is 0 Å². The second-order valence-corrected chi connectivity index (χ2v) is 7.02. The number of hydrogen-bond donors (Lipinski definition) is 3. The summed E-state index contributed by atoms with van der Waals surface area (Å²) in [4.78, 5) is 0. The molecule has 0 aromatic carbocycles. The van der Waals surface area contributed by atoms with E-state index in [1.54, 1.807) is 0 Å². The van der Waals surface area contributed by atoms with Crippen LogP contribution in [0.1, 0.15) is 71.1 Å². The predicted molar refractivity (Wildman–Crippen MR) is 99.6 cm³/mol. The first kappa shape index (κ1) is 22.6. The Kier molecular flexibility index (Phi) is 13.3. The lowest BCUT2D eigenvalue weighted by Crippen LogP contribution is -2.40. The number of aliphatic hydroxyl groups is 3. The molecule has 5 heteroatoms. The second kappa shape index (κ2) is 14.7. The number of unbranched alkanes of at least 4 members (excludes halogenated alkanes) is 8. The largest absolute Gasteiger partial charge is 0.388 e. The van der Waals surface area contributed by atoms with Gasteiger partial charge in [-0.2, -0.15) is 0 Å². The van der Waals surface area contributed by atoms with Crippen LogP contribution in [0.5, 0.6) is 0 Å². The molecule has 0 aromatic heterocycles. The molecule has 0 aliphatic carbocycles. The molecule has 0 unspecified atom stereocenters. The third-order valence-electron chi connectivity index (χ3n) is 4.66. The van der Waals surface area contributed by atoms with Gasteiger partial charge in [-0.25, -0.2) is 0 Å². The summed E-state index contributed by atoms with van der Waals surface area (Å²) >= 11 is 0. The second-order valence-electron chi connectivity index (χ2n) is 7.02. The molecule has 1 heterocycles.